The number of likely N-dealkylation sites (tertiary alicyclic amines) is 1. The summed E-state index contributed by atoms with van der Waals surface area (Å²) in [5, 5.41) is 13.4. The number of carbonyl (C=O) groups excluding carboxylic acids is 1. The summed E-state index contributed by atoms with van der Waals surface area (Å²) < 4.78 is 0.983. The SMILES string of the molecule is CCCC#CC1(O)N(Cc2ccsc2Br)C(=O)C(C)(C)C1(C)C. The molecule has 0 aromatic carbocycles. The van der Waals surface area contributed by atoms with E-state index in [1.165, 1.54) is 0 Å². The minimum absolute atomic E-state index is 0.0612. The first-order chi connectivity index (χ1) is 10.6. The van der Waals surface area contributed by atoms with Crippen molar-refractivity contribution in [3.63, 3.8) is 0 Å². The summed E-state index contributed by atoms with van der Waals surface area (Å²) in [7, 11) is 0. The van der Waals surface area contributed by atoms with Crippen LogP contribution in [0, 0.1) is 22.7 Å². The molecule has 1 aromatic heterocycles. The van der Waals surface area contributed by atoms with Crippen molar-refractivity contribution in [1.29, 1.82) is 0 Å². The average Bonchev–Trinajstić information content (AvgIpc) is 2.91. The van der Waals surface area contributed by atoms with Gasteiger partial charge in [0.15, 0.2) is 0 Å². The number of halogens is 1. The molecule has 23 heavy (non-hydrogen) atoms. The topological polar surface area (TPSA) is 40.5 Å². The third-order valence-electron chi connectivity index (χ3n) is 5.26. The maximum atomic E-state index is 13.0. The Morgan fingerprint density at radius 3 is 2.52 bits per heavy atom. The summed E-state index contributed by atoms with van der Waals surface area (Å²) >= 11 is 5.09. The van der Waals surface area contributed by atoms with E-state index in [0.717, 1.165) is 15.8 Å². The molecular formula is C18H24BrNO2S. The van der Waals surface area contributed by atoms with Crippen LogP contribution in [0.25, 0.3) is 0 Å². The molecule has 0 saturated carbocycles. The van der Waals surface area contributed by atoms with Crippen molar-refractivity contribution in [2.24, 2.45) is 10.8 Å². The molecule has 1 fully saturated rings. The first kappa shape index (κ1) is 18.5. The van der Waals surface area contributed by atoms with Gasteiger partial charge in [0.2, 0.25) is 11.6 Å². The van der Waals surface area contributed by atoms with Crippen LogP contribution in [0.4, 0.5) is 0 Å². The van der Waals surface area contributed by atoms with Gasteiger partial charge < -0.3 is 5.11 Å². The number of carbonyl (C=O) groups is 1. The Morgan fingerprint density at radius 2 is 2.00 bits per heavy atom. The lowest BCUT2D eigenvalue weighted by molar-refractivity contribution is -0.144. The maximum Gasteiger partial charge on any atom is 0.232 e. The van der Waals surface area contributed by atoms with Crippen molar-refractivity contribution >= 4 is 33.2 Å². The number of hydrogen-bond donors (Lipinski definition) is 1. The van der Waals surface area contributed by atoms with E-state index in [2.05, 4.69) is 27.8 Å². The lowest BCUT2D eigenvalue weighted by atomic mass is 9.65. The van der Waals surface area contributed by atoms with Gasteiger partial charge in [0.05, 0.1) is 15.7 Å². The van der Waals surface area contributed by atoms with Gasteiger partial charge in [0.25, 0.3) is 0 Å². The first-order valence-electron chi connectivity index (χ1n) is 7.86. The maximum absolute atomic E-state index is 13.0. The van der Waals surface area contributed by atoms with Crippen molar-refractivity contribution in [2.45, 2.75) is 59.7 Å². The van der Waals surface area contributed by atoms with E-state index in [1.807, 2.05) is 46.1 Å². The normalized spacial score (nSPS) is 25.3. The molecule has 3 nitrogen and oxygen atoms in total. The van der Waals surface area contributed by atoms with E-state index in [4.69, 9.17) is 0 Å². The summed E-state index contributed by atoms with van der Waals surface area (Å²) in [6, 6.07) is 1.97. The first-order valence-corrected chi connectivity index (χ1v) is 9.53. The molecule has 1 aromatic rings. The highest BCUT2D eigenvalue weighted by atomic mass is 79.9. The third-order valence-corrected chi connectivity index (χ3v) is 7.08. The largest absolute Gasteiger partial charge is 0.360 e. The second-order valence-electron chi connectivity index (χ2n) is 7.08. The molecule has 1 aliphatic heterocycles. The Bertz CT molecular complexity index is 668. The molecule has 0 radical (unpaired) electrons. The second kappa shape index (κ2) is 6.23. The number of unbranched alkanes of at least 4 members (excludes halogenated alkanes) is 1. The van der Waals surface area contributed by atoms with Crippen molar-refractivity contribution in [3.8, 4) is 11.8 Å². The fourth-order valence-corrected chi connectivity index (χ4v) is 4.06. The monoisotopic (exact) mass is 397 g/mol. The van der Waals surface area contributed by atoms with Gasteiger partial charge in [-0.15, -0.1) is 11.3 Å². The van der Waals surface area contributed by atoms with Crippen molar-refractivity contribution in [2.75, 3.05) is 0 Å². The van der Waals surface area contributed by atoms with Crippen LogP contribution in [0.15, 0.2) is 15.2 Å². The van der Waals surface area contributed by atoms with Gasteiger partial charge in [0.1, 0.15) is 0 Å². The molecule has 2 heterocycles. The lowest BCUT2D eigenvalue weighted by Crippen LogP contribution is -2.52. The molecular weight excluding hydrogens is 374 g/mol. The Balaban J connectivity index is 2.50. The van der Waals surface area contributed by atoms with Gasteiger partial charge in [-0.05, 0) is 45.3 Å². The van der Waals surface area contributed by atoms with E-state index >= 15 is 0 Å². The Hall–Kier alpha value is -0.830. The number of thiophene rings is 1. The van der Waals surface area contributed by atoms with Gasteiger partial charge in [-0.25, -0.2) is 0 Å². The van der Waals surface area contributed by atoms with Crippen molar-refractivity contribution < 1.29 is 9.90 Å². The Kier molecular flexibility index (Phi) is 5.02. The predicted molar refractivity (Wildman–Crippen MR) is 97.8 cm³/mol. The Labute approximate surface area is 151 Å². The molecule has 0 bridgehead atoms. The zero-order valence-corrected chi connectivity index (χ0v) is 16.8. The number of amides is 1. The number of rotatable bonds is 3. The highest BCUT2D eigenvalue weighted by Gasteiger charge is 2.67. The molecule has 1 unspecified atom stereocenters. The van der Waals surface area contributed by atoms with Crippen LogP contribution >= 0.6 is 27.3 Å². The van der Waals surface area contributed by atoms with E-state index in [0.29, 0.717) is 13.0 Å². The zero-order valence-electron chi connectivity index (χ0n) is 14.4. The number of nitrogens with zero attached hydrogens (tertiary/aromatic N) is 1. The molecule has 1 saturated heterocycles. The zero-order chi connectivity index (χ0) is 17.5. The minimum Gasteiger partial charge on any atom is -0.360 e. The molecule has 1 N–H and O–H groups in total. The molecule has 1 amide bonds. The molecule has 0 spiro atoms. The molecule has 2 rings (SSSR count). The smallest absolute Gasteiger partial charge is 0.232 e. The minimum atomic E-state index is -1.47. The van der Waals surface area contributed by atoms with Gasteiger partial charge in [-0.1, -0.05) is 40.5 Å². The van der Waals surface area contributed by atoms with Crippen molar-refractivity contribution in [1.82, 2.24) is 4.90 Å². The number of aliphatic hydroxyl groups is 1. The molecule has 1 aliphatic rings. The summed E-state index contributed by atoms with van der Waals surface area (Å²) in [6.07, 6.45) is 1.64. The fraction of sp³-hybridized carbons (Fsp3) is 0.611. The van der Waals surface area contributed by atoms with E-state index < -0.39 is 16.6 Å². The highest BCUT2D eigenvalue weighted by molar-refractivity contribution is 9.11. The molecule has 5 heteroatoms. The van der Waals surface area contributed by atoms with Crippen LogP contribution in [0.1, 0.15) is 53.0 Å². The van der Waals surface area contributed by atoms with E-state index in [-0.39, 0.29) is 5.91 Å². The lowest BCUT2D eigenvalue weighted by Gasteiger charge is -2.40. The summed E-state index contributed by atoms with van der Waals surface area (Å²) in [5.74, 6) is 6.01. The third kappa shape index (κ3) is 2.75. The van der Waals surface area contributed by atoms with Crippen LogP contribution in [0.3, 0.4) is 0 Å². The molecule has 0 aliphatic carbocycles. The summed E-state index contributed by atoms with van der Waals surface area (Å²) in [4.78, 5) is 14.6. The van der Waals surface area contributed by atoms with Crippen molar-refractivity contribution in [3.05, 3.63) is 20.8 Å². The fourth-order valence-electron chi connectivity index (χ4n) is 2.85. The van der Waals surface area contributed by atoms with Crippen LogP contribution < -0.4 is 0 Å². The van der Waals surface area contributed by atoms with Crippen LogP contribution in [-0.4, -0.2) is 21.6 Å². The van der Waals surface area contributed by atoms with E-state index in [9.17, 15) is 9.90 Å². The average molecular weight is 398 g/mol. The van der Waals surface area contributed by atoms with Crippen LogP contribution in [-0.2, 0) is 11.3 Å². The van der Waals surface area contributed by atoms with Gasteiger partial charge in [0, 0.05) is 11.8 Å². The summed E-state index contributed by atoms with van der Waals surface area (Å²) in [6.45, 7) is 10.0. The predicted octanol–water partition coefficient (Wildman–Crippen LogP) is 4.40. The molecule has 1 atom stereocenters. The van der Waals surface area contributed by atoms with Crippen LogP contribution in [0.5, 0.6) is 0 Å². The quantitative estimate of drug-likeness (QED) is 0.767. The number of hydrogen-bond acceptors (Lipinski definition) is 3. The summed E-state index contributed by atoms with van der Waals surface area (Å²) in [5.41, 5.74) is -1.84. The van der Waals surface area contributed by atoms with Gasteiger partial charge in [-0.3, -0.25) is 9.69 Å². The highest BCUT2D eigenvalue weighted by Crippen LogP contribution is 2.56. The Morgan fingerprint density at radius 1 is 1.35 bits per heavy atom. The second-order valence-corrected chi connectivity index (χ2v) is 9.32. The van der Waals surface area contributed by atoms with Gasteiger partial charge >= 0.3 is 0 Å². The molecule has 126 valence electrons. The standard InChI is InChI=1S/C18H24BrNO2S/c1-6-7-8-10-18(22)17(4,5)16(2,3)15(21)20(18)12-13-9-11-23-14(13)19/h9,11,22H,6-7,12H2,1-5H3. The van der Waals surface area contributed by atoms with Crippen LogP contribution in [0.2, 0.25) is 0 Å². The van der Waals surface area contributed by atoms with E-state index in [1.54, 1.807) is 16.2 Å². The van der Waals surface area contributed by atoms with Gasteiger partial charge in [-0.2, -0.15) is 0 Å².